The molecule has 0 spiro atoms. The van der Waals surface area contributed by atoms with E-state index in [0.717, 1.165) is 34.8 Å². The first kappa shape index (κ1) is 13.2. The van der Waals surface area contributed by atoms with Crippen LogP contribution in [0.4, 0.5) is 0 Å². The minimum absolute atomic E-state index is 0.0348. The van der Waals surface area contributed by atoms with Gasteiger partial charge in [0.1, 0.15) is 4.88 Å². The molecule has 0 saturated carbocycles. The van der Waals surface area contributed by atoms with E-state index in [2.05, 4.69) is 9.59 Å². The van der Waals surface area contributed by atoms with Crippen molar-refractivity contribution < 1.29 is 4.79 Å². The Kier molecular flexibility index (Phi) is 4.09. The second kappa shape index (κ2) is 5.59. The number of aryl methyl sites for hydroxylation is 2. The summed E-state index contributed by atoms with van der Waals surface area (Å²) in [4.78, 5) is 12.8. The summed E-state index contributed by atoms with van der Waals surface area (Å²) in [5.41, 5.74) is 2.71. The summed E-state index contributed by atoms with van der Waals surface area (Å²) in [5, 5.41) is 4.59. The normalized spacial score (nSPS) is 10.6. The molecule has 0 fully saturated rings. The van der Waals surface area contributed by atoms with Crippen LogP contribution in [-0.2, 0) is 12.8 Å². The van der Waals surface area contributed by atoms with Crippen LogP contribution >= 0.6 is 23.1 Å². The molecule has 0 bridgehead atoms. The molecule has 0 aliphatic carbocycles. The van der Waals surface area contributed by atoms with Crippen LogP contribution in [0.5, 0.6) is 0 Å². The van der Waals surface area contributed by atoms with Crippen LogP contribution in [0.1, 0.15) is 33.4 Å². The Hall–Kier alpha value is -1.26. The topological polar surface area (TPSA) is 42.9 Å². The van der Waals surface area contributed by atoms with Crippen molar-refractivity contribution in [2.24, 2.45) is 0 Å². The summed E-state index contributed by atoms with van der Waals surface area (Å²) in [6.45, 7) is 3.94. The SMILES string of the molecule is CCc1nnsc1C(=O)Cc1ccc(C)cc1Cl. The maximum Gasteiger partial charge on any atom is 0.180 e. The summed E-state index contributed by atoms with van der Waals surface area (Å²) < 4.78 is 3.83. The van der Waals surface area contributed by atoms with Gasteiger partial charge in [-0.15, -0.1) is 5.10 Å². The van der Waals surface area contributed by atoms with Crippen molar-refractivity contribution in [1.29, 1.82) is 0 Å². The van der Waals surface area contributed by atoms with Gasteiger partial charge in [-0.1, -0.05) is 35.1 Å². The third-order valence-electron chi connectivity index (χ3n) is 2.70. The number of hydrogen-bond donors (Lipinski definition) is 0. The van der Waals surface area contributed by atoms with Gasteiger partial charge in [-0.2, -0.15) is 0 Å². The fourth-order valence-corrected chi connectivity index (χ4v) is 2.69. The second-order valence-corrected chi connectivity index (χ2v) is 5.26. The van der Waals surface area contributed by atoms with Gasteiger partial charge >= 0.3 is 0 Å². The smallest absolute Gasteiger partial charge is 0.180 e. The van der Waals surface area contributed by atoms with E-state index in [0.29, 0.717) is 16.3 Å². The lowest BCUT2D eigenvalue weighted by Crippen LogP contribution is -2.05. The number of carbonyl (C=O) groups is 1. The Morgan fingerprint density at radius 1 is 1.44 bits per heavy atom. The number of Topliss-reactive ketones (excluding diaryl/α,β-unsaturated/α-hetero) is 1. The number of halogens is 1. The number of ketones is 1. The summed E-state index contributed by atoms with van der Waals surface area (Å²) in [6.07, 6.45) is 1.02. The minimum Gasteiger partial charge on any atom is -0.293 e. The molecule has 18 heavy (non-hydrogen) atoms. The van der Waals surface area contributed by atoms with E-state index in [9.17, 15) is 4.79 Å². The average Bonchev–Trinajstić information content (AvgIpc) is 2.81. The molecule has 94 valence electrons. The first-order valence-corrected chi connectivity index (χ1v) is 6.86. The molecule has 0 aliphatic heterocycles. The molecular weight excluding hydrogens is 268 g/mol. The van der Waals surface area contributed by atoms with Crippen LogP contribution < -0.4 is 0 Å². The fourth-order valence-electron chi connectivity index (χ4n) is 1.70. The number of aromatic nitrogens is 2. The molecule has 0 aliphatic rings. The van der Waals surface area contributed by atoms with E-state index >= 15 is 0 Å². The van der Waals surface area contributed by atoms with Gasteiger partial charge in [0.15, 0.2) is 5.78 Å². The van der Waals surface area contributed by atoms with Gasteiger partial charge in [0.05, 0.1) is 5.69 Å². The Labute approximate surface area is 115 Å². The highest BCUT2D eigenvalue weighted by Gasteiger charge is 2.16. The van der Waals surface area contributed by atoms with Crippen LogP contribution in [-0.4, -0.2) is 15.4 Å². The van der Waals surface area contributed by atoms with Gasteiger partial charge in [0, 0.05) is 11.4 Å². The van der Waals surface area contributed by atoms with Gasteiger partial charge in [0.25, 0.3) is 0 Å². The van der Waals surface area contributed by atoms with Crippen LogP contribution in [0.3, 0.4) is 0 Å². The molecule has 5 heteroatoms. The highest BCUT2D eigenvalue weighted by Crippen LogP contribution is 2.21. The molecule has 0 atom stereocenters. The lowest BCUT2D eigenvalue weighted by Gasteiger charge is -2.04. The number of rotatable bonds is 4. The average molecular weight is 281 g/mol. The molecule has 0 unspecified atom stereocenters. The zero-order valence-corrected chi connectivity index (χ0v) is 11.8. The van der Waals surface area contributed by atoms with Crippen LogP contribution in [0, 0.1) is 6.92 Å². The molecule has 3 nitrogen and oxygen atoms in total. The summed E-state index contributed by atoms with van der Waals surface area (Å²) in [5.74, 6) is 0.0348. The Morgan fingerprint density at radius 3 is 2.89 bits per heavy atom. The Bertz CT molecular complexity index is 580. The van der Waals surface area contributed by atoms with Crippen LogP contribution in [0.25, 0.3) is 0 Å². The monoisotopic (exact) mass is 280 g/mol. The van der Waals surface area contributed by atoms with Gasteiger partial charge in [0.2, 0.25) is 0 Å². The predicted octanol–water partition coefficient (Wildman–Crippen LogP) is 3.49. The third-order valence-corrected chi connectivity index (χ3v) is 3.86. The first-order valence-electron chi connectivity index (χ1n) is 5.71. The molecule has 0 amide bonds. The molecule has 0 radical (unpaired) electrons. The van der Waals surface area contributed by atoms with Crippen molar-refractivity contribution in [2.45, 2.75) is 26.7 Å². The van der Waals surface area contributed by atoms with Gasteiger partial charge in [-0.3, -0.25) is 4.79 Å². The van der Waals surface area contributed by atoms with E-state index < -0.39 is 0 Å². The molecule has 1 heterocycles. The van der Waals surface area contributed by atoms with E-state index in [1.54, 1.807) is 0 Å². The number of nitrogens with zero attached hydrogens (tertiary/aromatic N) is 2. The molecular formula is C13H13ClN2OS. The van der Waals surface area contributed by atoms with E-state index in [1.165, 1.54) is 0 Å². The number of carbonyl (C=O) groups excluding carboxylic acids is 1. The zero-order valence-electron chi connectivity index (χ0n) is 10.2. The summed E-state index contributed by atoms with van der Waals surface area (Å²) >= 11 is 7.29. The summed E-state index contributed by atoms with van der Waals surface area (Å²) in [7, 11) is 0. The summed E-state index contributed by atoms with van der Waals surface area (Å²) in [6, 6.07) is 5.73. The maximum absolute atomic E-state index is 12.2. The Morgan fingerprint density at radius 2 is 2.22 bits per heavy atom. The molecule has 1 aromatic heterocycles. The first-order chi connectivity index (χ1) is 8.61. The van der Waals surface area contributed by atoms with Crippen molar-refractivity contribution in [2.75, 3.05) is 0 Å². The predicted molar refractivity (Wildman–Crippen MR) is 73.5 cm³/mol. The van der Waals surface area contributed by atoms with E-state index in [-0.39, 0.29) is 5.78 Å². The molecule has 2 aromatic rings. The number of hydrogen-bond acceptors (Lipinski definition) is 4. The van der Waals surface area contributed by atoms with Gasteiger partial charge in [-0.05, 0) is 42.1 Å². The van der Waals surface area contributed by atoms with Gasteiger partial charge in [-0.25, -0.2) is 0 Å². The van der Waals surface area contributed by atoms with Gasteiger partial charge < -0.3 is 0 Å². The van der Waals surface area contributed by atoms with Crippen molar-refractivity contribution >= 4 is 28.9 Å². The van der Waals surface area contributed by atoms with E-state index in [1.807, 2.05) is 32.0 Å². The molecule has 0 saturated heterocycles. The highest BCUT2D eigenvalue weighted by atomic mass is 35.5. The number of benzene rings is 1. The van der Waals surface area contributed by atoms with Crippen molar-refractivity contribution in [3.8, 4) is 0 Å². The van der Waals surface area contributed by atoms with Crippen LogP contribution in [0.15, 0.2) is 18.2 Å². The minimum atomic E-state index is 0.0348. The van der Waals surface area contributed by atoms with E-state index in [4.69, 9.17) is 11.6 Å². The second-order valence-electron chi connectivity index (χ2n) is 4.10. The van der Waals surface area contributed by atoms with Crippen LogP contribution in [0.2, 0.25) is 5.02 Å². The largest absolute Gasteiger partial charge is 0.293 e. The molecule has 1 aromatic carbocycles. The standard InChI is InChI=1S/C13H13ClN2OS/c1-3-11-13(18-16-15-11)12(17)7-9-5-4-8(2)6-10(9)14/h4-6H,3,7H2,1-2H3. The van der Waals surface area contributed by atoms with Crippen molar-refractivity contribution in [3.05, 3.63) is 44.9 Å². The van der Waals surface area contributed by atoms with Crippen molar-refractivity contribution in [1.82, 2.24) is 9.59 Å². The highest BCUT2D eigenvalue weighted by molar-refractivity contribution is 7.08. The molecule has 2 rings (SSSR count). The molecule has 0 N–H and O–H groups in total. The lowest BCUT2D eigenvalue weighted by molar-refractivity contribution is 0.0996. The third kappa shape index (κ3) is 2.76. The Balaban J connectivity index is 2.21. The lowest BCUT2D eigenvalue weighted by atomic mass is 10.1. The maximum atomic E-state index is 12.2. The fraction of sp³-hybridized carbons (Fsp3) is 0.308. The quantitative estimate of drug-likeness (QED) is 0.805. The van der Waals surface area contributed by atoms with Crippen molar-refractivity contribution in [3.63, 3.8) is 0 Å². The zero-order chi connectivity index (χ0) is 13.1.